The fourth-order valence-electron chi connectivity index (χ4n) is 3.40. The van der Waals surface area contributed by atoms with Gasteiger partial charge in [0.2, 0.25) is 0 Å². The molecule has 0 unspecified atom stereocenters. The Balaban J connectivity index is 1.89. The van der Waals surface area contributed by atoms with Crippen molar-refractivity contribution in [1.29, 1.82) is 0 Å². The molecule has 1 saturated carbocycles. The molecule has 0 radical (unpaired) electrons. The van der Waals surface area contributed by atoms with E-state index in [0.717, 1.165) is 38.6 Å². The summed E-state index contributed by atoms with van der Waals surface area (Å²) in [5.74, 6) is 0.767. The number of hydrogen-bond acceptors (Lipinski definition) is 2. The van der Waals surface area contributed by atoms with E-state index in [0.29, 0.717) is 5.41 Å². The first-order chi connectivity index (χ1) is 9.26. The van der Waals surface area contributed by atoms with Crippen LogP contribution in [0, 0.1) is 5.41 Å². The van der Waals surface area contributed by atoms with Gasteiger partial charge >= 0.3 is 0 Å². The van der Waals surface area contributed by atoms with E-state index in [9.17, 15) is 0 Å². The first-order valence-electron chi connectivity index (χ1n) is 7.80. The van der Waals surface area contributed by atoms with Crippen molar-refractivity contribution in [2.75, 3.05) is 33.4 Å². The van der Waals surface area contributed by atoms with Crippen LogP contribution in [0.1, 0.15) is 51.4 Å². The molecule has 19 heavy (non-hydrogen) atoms. The molecule has 1 heterocycles. The predicted molar refractivity (Wildman–Crippen MR) is 79.3 cm³/mol. The molecular weight excluding hydrogens is 238 g/mol. The molecule has 0 aromatic rings. The molecule has 110 valence electrons. The number of hydrogen-bond donors (Lipinski definition) is 1. The normalized spacial score (nSPS) is 23.8. The third kappa shape index (κ3) is 4.10. The average molecular weight is 267 g/mol. The van der Waals surface area contributed by atoms with Crippen LogP contribution in [0.25, 0.3) is 0 Å². The second-order valence-electron chi connectivity index (χ2n) is 6.17. The maximum atomic E-state index is 6.16. The van der Waals surface area contributed by atoms with Gasteiger partial charge in [0.25, 0.3) is 0 Å². The molecule has 1 saturated heterocycles. The van der Waals surface area contributed by atoms with Crippen molar-refractivity contribution in [3.8, 4) is 0 Å². The lowest BCUT2D eigenvalue weighted by Crippen LogP contribution is -2.41. The highest BCUT2D eigenvalue weighted by Gasteiger charge is 2.33. The summed E-state index contributed by atoms with van der Waals surface area (Å²) in [6, 6.07) is 0. The molecule has 0 amide bonds. The van der Waals surface area contributed by atoms with E-state index in [1.54, 1.807) is 7.11 Å². The average Bonchev–Trinajstić information content (AvgIpc) is 2.93. The number of piperidine rings is 1. The van der Waals surface area contributed by atoms with Gasteiger partial charge in [-0.2, -0.15) is 0 Å². The Morgan fingerprint density at radius 1 is 1.16 bits per heavy atom. The second kappa shape index (κ2) is 7.13. The highest BCUT2D eigenvalue weighted by molar-refractivity contribution is 5.78. The van der Waals surface area contributed by atoms with Crippen molar-refractivity contribution in [3.05, 3.63) is 0 Å². The smallest absolute Gasteiger partial charge is 0.191 e. The first-order valence-corrected chi connectivity index (χ1v) is 7.80. The van der Waals surface area contributed by atoms with Crippen LogP contribution in [0.4, 0.5) is 0 Å². The Morgan fingerprint density at radius 3 is 2.47 bits per heavy atom. The largest absolute Gasteiger partial charge is 0.385 e. The Labute approximate surface area is 117 Å². The van der Waals surface area contributed by atoms with E-state index in [1.165, 1.54) is 44.9 Å². The second-order valence-corrected chi connectivity index (χ2v) is 6.17. The maximum Gasteiger partial charge on any atom is 0.191 e. The molecular formula is C15H29N3O. The van der Waals surface area contributed by atoms with Crippen LogP contribution >= 0.6 is 0 Å². The van der Waals surface area contributed by atoms with Gasteiger partial charge < -0.3 is 15.4 Å². The lowest BCUT2D eigenvalue weighted by Gasteiger charge is -2.30. The van der Waals surface area contributed by atoms with Crippen molar-refractivity contribution in [2.45, 2.75) is 51.4 Å². The molecule has 1 aliphatic heterocycles. The fourth-order valence-corrected chi connectivity index (χ4v) is 3.40. The maximum absolute atomic E-state index is 6.16. The van der Waals surface area contributed by atoms with Gasteiger partial charge in [-0.25, -0.2) is 0 Å². The zero-order valence-corrected chi connectivity index (χ0v) is 12.4. The van der Waals surface area contributed by atoms with E-state index in [1.807, 2.05) is 0 Å². The number of ether oxygens (including phenoxy) is 1. The summed E-state index contributed by atoms with van der Waals surface area (Å²) in [6.45, 7) is 3.90. The number of nitrogens with two attached hydrogens (primary N) is 1. The highest BCUT2D eigenvalue weighted by atomic mass is 16.5. The molecule has 0 atom stereocenters. The first kappa shape index (κ1) is 14.6. The molecule has 2 N–H and O–H groups in total. The standard InChI is InChI=1S/C15H29N3O/c1-19-12-9-15(7-3-4-8-15)13-17-14(16)18-10-5-2-6-11-18/h2-13H2,1H3,(H2,16,17). The summed E-state index contributed by atoms with van der Waals surface area (Å²) in [4.78, 5) is 6.97. The van der Waals surface area contributed by atoms with Gasteiger partial charge in [-0.1, -0.05) is 12.8 Å². The number of rotatable bonds is 5. The summed E-state index contributed by atoms with van der Waals surface area (Å²) in [5, 5.41) is 0. The molecule has 4 nitrogen and oxygen atoms in total. The minimum atomic E-state index is 0.358. The Kier molecular flexibility index (Phi) is 5.49. The molecule has 0 aromatic heterocycles. The Bertz CT molecular complexity index is 292. The van der Waals surface area contributed by atoms with Crippen LogP contribution in [0.5, 0.6) is 0 Å². The molecule has 2 fully saturated rings. The van der Waals surface area contributed by atoms with E-state index in [-0.39, 0.29) is 0 Å². The summed E-state index contributed by atoms with van der Waals surface area (Å²) in [7, 11) is 1.79. The number of nitrogens with zero attached hydrogens (tertiary/aromatic N) is 2. The van der Waals surface area contributed by atoms with Gasteiger partial charge in [-0.05, 0) is 43.9 Å². The number of methoxy groups -OCH3 is 1. The summed E-state index contributed by atoms with van der Waals surface area (Å²) in [6.07, 6.45) is 10.2. The molecule has 0 bridgehead atoms. The van der Waals surface area contributed by atoms with E-state index in [2.05, 4.69) is 4.90 Å². The topological polar surface area (TPSA) is 50.9 Å². The van der Waals surface area contributed by atoms with Crippen molar-refractivity contribution >= 4 is 5.96 Å². The van der Waals surface area contributed by atoms with E-state index >= 15 is 0 Å². The van der Waals surface area contributed by atoms with E-state index in [4.69, 9.17) is 15.5 Å². The lowest BCUT2D eigenvalue weighted by molar-refractivity contribution is 0.141. The van der Waals surface area contributed by atoms with Crippen molar-refractivity contribution in [2.24, 2.45) is 16.1 Å². The summed E-state index contributed by atoms with van der Waals surface area (Å²) < 4.78 is 5.26. The van der Waals surface area contributed by atoms with Gasteiger partial charge in [0, 0.05) is 33.4 Å². The van der Waals surface area contributed by atoms with Crippen LogP contribution in [0.2, 0.25) is 0 Å². The monoisotopic (exact) mass is 267 g/mol. The third-order valence-electron chi connectivity index (χ3n) is 4.76. The van der Waals surface area contributed by atoms with Gasteiger partial charge in [-0.3, -0.25) is 4.99 Å². The predicted octanol–water partition coefficient (Wildman–Crippen LogP) is 2.38. The quantitative estimate of drug-likeness (QED) is 0.614. The molecule has 2 rings (SSSR count). The third-order valence-corrected chi connectivity index (χ3v) is 4.76. The van der Waals surface area contributed by atoms with Crippen molar-refractivity contribution < 1.29 is 4.74 Å². The summed E-state index contributed by atoms with van der Waals surface area (Å²) in [5.41, 5.74) is 6.52. The van der Waals surface area contributed by atoms with Gasteiger partial charge in [-0.15, -0.1) is 0 Å². The lowest BCUT2D eigenvalue weighted by atomic mass is 9.83. The molecule has 2 aliphatic rings. The Hall–Kier alpha value is -0.770. The zero-order chi connectivity index (χ0) is 13.6. The van der Waals surface area contributed by atoms with Gasteiger partial charge in [0.15, 0.2) is 5.96 Å². The SMILES string of the molecule is COCCC1(CN=C(N)N2CCCCC2)CCCC1. The van der Waals surface area contributed by atoms with Gasteiger partial charge in [0.05, 0.1) is 0 Å². The molecule has 0 spiro atoms. The molecule has 0 aromatic carbocycles. The van der Waals surface area contributed by atoms with Crippen LogP contribution in [-0.4, -0.2) is 44.2 Å². The number of guanidine groups is 1. The Morgan fingerprint density at radius 2 is 1.84 bits per heavy atom. The summed E-state index contributed by atoms with van der Waals surface area (Å²) >= 11 is 0. The van der Waals surface area contributed by atoms with Crippen LogP contribution in [-0.2, 0) is 4.74 Å². The fraction of sp³-hybridized carbons (Fsp3) is 0.933. The molecule has 1 aliphatic carbocycles. The van der Waals surface area contributed by atoms with Crippen LogP contribution < -0.4 is 5.73 Å². The highest BCUT2D eigenvalue weighted by Crippen LogP contribution is 2.41. The number of likely N-dealkylation sites (tertiary alicyclic amines) is 1. The number of aliphatic imine (C=N–C) groups is 1. The minimum Gasteiger partial charge on any atom is -0.385 e. The van der Waals surface area contributed by atoms with Crippen LogP contribution in [0.15, 0.2) is 4.99 Å². The van der Waals surface area contributed by atoms with Crippen molar-refractivity contribution in [1.82, 2.24) is 4.90 Å². The van der Waals surface area contributed by atoms with Crippen molar-refractivity contribution in [3.63, 3.8) is 0 Å². The van der Waals surface area contributed by atoms with E-state index < -0.39 is 0 Å². The molecule has 4 heteroatoms. The zero-order valence-electron chi connectivity index (χ0n) is 12.4. The van der Waals surface area contributed by atoms with Gasteiger partial charge in [0.1, 0.15) is 0 Å². The minimum absolute atomic E-state index is 0.358. The van der Waals surface area contributed by atoms with Crippen LogP contribution in [0.3, 0.4) is 0 Å².